The molecule has 1 aliphatic rings. The number of benzene rings is 1. The number of aryl methyl sites for hydroxylation is 1. The van der Waals surface area contributed by atoms with Crippen molar-refractivity contribution in [1.82, 2.24) is 14.7 Å². The molecular weight excluding hydrogens is 380 g/mol. The standard InChI is InChI=1S/C20H19ClN4O3/c1-14-7-8-17(28-14)19(26)24-11-9-23(10-12-24)16-13-22-25(20(27)18(16)21)15-5-3-2-4-6-15/h2-8,13H,9-12H2,1H3. The molecule has 1 amide bonds. The number of para-hydroxylation sites is 1. The predicted octanol–water partition coefficient (Wildman–Crippen LogP) is 2.75. The van der Waals surface area contributed by atoms with Crippen LogP contribution in [0, 0.1) is 6.92 Å². The first-order valence-electron chi connectivity index (χ1n) is 8.98. The minimum absolute atomic E-state index is 0.125. The molecule has 1 fully saturated rings. The SMILES string of the molecule is Cc1ccc(C(=O)N2CCN(c3cnn(-c4ccccc4)c(=O)c3Cl)CC2)o1. The molecule has 144 valence electrons. The highest BCUT2D eigenvalue weighted by Gasteiger charge is 2.26. The molecule has 1 aromatic carbocycles. The first-order valence-corrected chi connectivity index (χ1v) is 9.36. The fourth-order valence-corrected chi connectivity index (χ4v) is 3.50. The van der Waals surface area contributed by atoms with Gasteiger partial charge in [-0.2, -0.15) is 9.78 Å². The Kier molecular flexibility index (Phi) is 4.92. The van der Waals surface area contributed by atoms with Gasteiger partial charge in [0.05, 0.1) is 17.6 Å². The van der Waals surface area contributed by atoms with Crippen molar-refractivity contribution in [1.29, 1.82) is 0 Å². The third kappa shape index (κ3) is 3.41. The number of halogens is 1. The van der Waals surface area contributed by atoms with Gasteiger partial charge in [0, 0.05) is 26.2 Å². The topological polar surface area (TPSA) is 71.6 Å². The van der Waals surface area contributed by atoms with E-state index in [2.05, 4.69) is 5.10 Å². The Morgan fingerprint density at radius 1 is 1.07 bits per heavy atom. The van der Waals surface area contributed by atoms with Crippen LogP contribution < -0.4 is 10.5 Å². The van der Waals surface area contributed by atoms with Crippen LogP contribution in [0.5, 0.6) is 0 Å². The summed E-state index contributed by atoms with van der Waals surface area (Å²) in [6.45, 7) is 3.94. The van der Waals surface area contributed by atoms with Crippen LogP contribution in [0.1, 0.15) is 16.3 Å². The quantitative estimate of drug-likeness (QED) is 0.678. The Bertz CT molecular complexity index is 1050. The lowest BCUT2D eigenvalue weighted by Gasteiger charge is -2.35. The van der Waals surface area contributed by atoms with Gasteiger partial charge in [0.2, 0.25) is 0 Å². The number of nitrogens with zero attached hydrogens (tertiary/aromatic N) is 4. The van der Waals surface area contributed by atoms with Gasteiger partial charge in [-0.25, -0.2) is 0 Å². The molecule has 0 unspecified atom stereocenters. The number of aromatic nitrogens is 2. The van der Waals surface area contributed by atoms with Crippen molar-refractivity contribution < 1.29 is 9.21 Å². The van der Waals surface area contributed by atoms with Crippen molar-refractivity contribution in [2.24, 2.45) is 0 Å². The molecule has 4 rings (SSSR count). The van der Waals surface area contributed by atoms with Gasteiger partial charge in [-0.1, -0.05) is 29.8 Å². The van der Waals surface area contributed by atoms with Crippen LogP contribution in [-0.4, -0.2) is 46.8 Å². The van der Waals surface area contributed by atoms with E-state index in [1.54, 1.807) is 42.3 Å². The van der Waals surface area contributed by atoms with E-state index in [0.29, 0.717) is 49.1 Å². The molecular formula is C20H19ClN4O3. The van der Waals surface area contributed by atoms with E-state index in [1.807, 2.05) is 23.1 Å². The second kappa shape index (κ2) is 7.52. The molecule has 7 nitrogen and oxygen atoms in total. The summed E-state index contributed by atoms with van der Waals surface area (Å²) >= 11 is 6.37. The van der Waals surface area contributed by atoms with E-state index in [9.17, 15) is 9.59 Å². The molecule has 3 aromatic rings. The summed E-state index contributed by atoms with van der Waals surface area (Å²) in [6.07, 6.45) is 1.60. The molecule has 2 aromatic heterocycles. The average molecular weight is 399 g/mol. The molecule has 28 heavy (non-hydrogen) atoms. The summed E-state index contributed by atoms with van der Waals surface area (Å²) in [4.78, 5) is 28.9. The van der Waals surface area contributed by atoms with E-state index < -0.39 is 0 Å². The van der Waals surface area contributed by atoms with Gasteiger partial charge in [0.1, 0.15) is 10.8 Å². The van der Waals surface area contributed by atoms with Crippen LogP contribution in [0.2, 0.25) is 5.02 Å². The van der Waals surface area contributed by atoms with Crippen LogP contribution >= 0.6 is 11.6 Å². The average Bonchev–Trinajstić information content (AvgIpc) is 3.16. The van der Waals surface area contributed by atoms with E-state index >= 15 is 0 Å². The lowest BCUT2D eigenvalue weighted by molar-refractivity contribution is 0.0713. The maximum absolute atomic E-state index is 12.7. The zero-order chi connectivity index (χ0) is 19.7. The molecule has 0 aliphatic carbocycles. The van der Waals surface area contributed by atoms with Gasteiger partial charge < -0.3 is 14.2 Å². The Morgan fingerprint density at radius 3 is 2.43 bits per heavy atom. The summed E-state index contributed by atoms with van der Waals surface area (Å²) in [6, 6.07) is 12.6. The number of anilines is 1. The molecule has 8 heteroatoms. The van der Waals surface area contributed by atoms with Crippen LogP contribution in [0.15, 0.2) is 57.9 Å². The third-order valence-electron chi connectivity index (χ3n) is 4.76. The number of carbonyl (C=O) groups is 1. The predicted molar refractivity (Wildman–Crippen MR) is 106 cm³/mol. The van der Waals surface area contributed by atoms with Crippen molar-refractivity contribution in [3.63, 3.8) is 0 Å². The zero-order valence-electron chi connectivity index (χ0n) is 15.3. The van der Waals surface area contributed by atoms with Crippen LogP contribution in [-0.2, 0) is 0 Å². The summed E-state index contributed by atoms with van der Waals surface area (Å²) in [5.74, 6) is 0.923. The van der Waals surface area contributed by atoms with Crippen molar-refractivity contribution in [2.75, 3.05) is 31.1 Å². The number of hydrogen-bond donors (Lipinski definition) is 0. The number of furan rings is 1. The molecule has 0 spiro atoms. The molecule has 0 radical (unpaired) electrons. The number of carbonyl (C=O) groups excluding carboxylic acids is 1. The maximum Gasteiger partial charge on any atom is 0.292 e. The summed E-state index contributed by atoms with van der Waals surface area (Å²) in [7, 11) is 0. The Balaban J connectivity index is 1.50. The second-order valence-corrected chi connectivity index (χ2v) is 6.96. The van der Waals surface area contributed by atoms with Gasteiger partial charge in [-0.05, 0) is 31.2 Å². The molecule has 0 atom stereocenters. The van der Waals surface area contributed by atoms with Crippen molar-refractivity contribution >= 4 is 23.2 Å². The largest absolute Gasteiger partial charge is 0.456 e. The van der Waals surface area contributed by atoms with Crippen molar-refractivity contribution in [3.8, 4) is 5.69 Å². The highest BCUT2D eigenvalue weighted by molar-refractivity contribution is 6.33. The van der Waals surface area contributed by atoms with Gasteiger partial charge in [-0.15, -0.1) is 0 Å². The molecule has 0 bridgehead atoms. The number of hydrogen-bond acceptors (Lipinski definition) is 5. The molecule has 0 N–H and O–H groups in total. The van der Waals surface area contributed by atoms with E-state index in [0.717, 1.165) is 0 Å². The first-order chi connectivity index (χ1) is 13.5. The van der Waals surface area contributed by atoms with E-state index in [1.165, 1.54) is 4.68 Å². The first kappa shape index (κ1) is 18.3. The van der Waals surface area contributed by atoms with Crippen LogP contribution in [0.3, 0.4) is 0 Å². The monoisotopic (exact) mass is 398 g/mol. The molecule has 1 aliphatic heterocycles. The normalized spacial score (nSPS) is 14.4. The van der Waals surface area contributed by atoms with Crippen molar-refractivity contribution in [2.45, 2.75) is 6.92 Å². The number of rotatable bonds is 3. The number of amides is 1. The summed E-state index contributed by atoms with van der Waals surface area (Å²) < 4.78 is 6.70. The summed E-state index contributed by atoms with van der Waals surface area (Å²) in [5, 5.41) is 4.40. The third-order valence-corrected chi connectivity index (χ3v) is 5.12. The minimum atomic E-state index is -0.366. The zero-order valence-corrected chi connectivity index (χ0v) is 16.1. The van der Waals surface area contributed by atoms with Gasteiger partial charge >= 0.3 is 0 Å². The van der Waals surface area contributed by atoms with Gasteiger partial charge in [-0.3, -0.25) is 9.59 Å². The lowest BCUT2D eigenvalue weighted by Crippen LogP contribution is -2.49. The molecule has 3 heterocycles. The fraction of sp³-hybridized carbons (Fsp3) is 0.250. The molecule has 0 saturated carbocycles. The Hall–Kier alpha value is -3.06. The molecule has 1 saturated heterocycles. The highest BCUT2D eigenvalue weighted by Crippen LogP contribution is 2.23. The smallest absolute Gasteiger partial charge is 0.292 e. The van der Waals surface area contributed by atoms with Gasteiger partial charge in [0.25, 0.3) is 11.5 Å². The lowest BCUT2D eigenvalue weighted by atomic mass is 10.2. The summed E-state index contributed by atoms with van der Waals surface area (Å²) in [5.41, 5.74) is 0.875. The Morgan fingerprint density at radius 2 is 1.79 bits per heavy atom. The van der Waals surface area contributed by atoms with Crippen LogP contribution in [0.25, 0.3) is 5.69 Å². The highest BCUT2D eigenvalue weighted by atomic mass is 35.5. The van der Waals surface area contributed by atoms with Gasteiger partial charge in [0.15, 0.2) is 5.76 Å². The minimum Gasteiger partial charge on any atom is -0.456 e. The van der Waals surface area contributed by atoms with Crippen LogP contribution in [0.4, 0.5) is 5.69 Å². The Labute approximate surface area is 166 Å². The van der Waals surface area contributed by atoms with E-state index in [-0.39, 0.29) is 16.5 Å². The number of piperazine rings is 1. The van der Waals surface area contributed by atoms with Crippen molar-refractivity contribution in [3.05, 3.63) is 75.6 Å². The van der Waals surface area contributed by atoms with E-state index in [4.69, 9.17) is 16.0 Å². The fourth-order valence-electron chi connectivity index (χ4n) is 3.25. The second-order valence-electron chi connectivity index (χ2n) is 6.59. The maximum atomic E-state index is 12.7.